The van der Waals surface area contributed by atoms with Gasteiger partial charge in [0.25, 0.3) is 0 Å². The molecule has 2 rings (SSSR count). The van der Waals surface area contributed by atoms with Gasteiger partial charge in [-0.2, -0.15) is 13.2 Å². The summed E-state index contributed by atoms with van der Waals surface area (Å²) < 4.78 is 37.0. The van der Waals surface area contributed by atoms with Gasteiger partial charge in [0.1, 0.15) is 5.54 Å². The average molecular weight is 293 g/mol. The number of rotatable bonds is 3. The van der Waals surface area contributed by atoms with E-state index in [9.17, 15) is 18.0 Å². The molecule has 0 saturated carbocycles. The summed E-state index contributed by atoms with van der Waals surface area (Å²) in [5.41, 5.74) is 5.08. The van der Waals surface area contributed by atoms with Gasteiger partial charge < -0.3 is 5.73 Å². The van der Waals surface area contributed by atoms with Gasteiger partial charge in [-0.25, -0.2) is 0 Å². The fourth-order valence-corrected chi connectivity index (χ4v) is 2.61. The molecular weight excluding hydrogens is 281 g/mol. The molecule has 1 unspecified atom stereocenters. The van der Waals surface area contributed by atoms with Crippen LogP contribution in [0.15, 0.2) is 18.2 Å². The number of halogens is 4. The van der Waals surface area contributed by atoms with Crippen molar-refractivity contribution in [3.63, 3.8) is 0 Å². The number of alkyl halides is 3. The molecule has 0 heterocycles. The monoisotopic (exact) mass is 292 g/mol. The van der Waals surface area contributed by atoms with Gasteiger partial charge in [-0.05, 0) is 36.1 Å². The zero-order valence-corrected chi connectivity index (χ0v) is 10.6. The molecule has 3 nitrogen and oxygen atoms in total. The maximum atomic E-state index is 12.3. The molecule has 0 fully saturated rings. The Morgan fingerprint density at radius 1 is 1.47 bits per heavy atom. The normalized spacial score (nSPS) is 22.3. The lowest BCUT2D eigenvalue weighted by Gasteiger charge is -2.29. The third-order valence-corrected chi connectivity index (χ3v) is 3.54. The molecule has 1 amide bonds. The van der Waals surface area contributed by atoms with Crippen molar-refractivity contribution in [1.82, 2.24) is 5.32 Å². The maximum Gasteiger partial charge on any atom is 0.401 e. The Morgan fingerprint density at radius 2 is 2.16 bits per heavy atom. The predicted octanol–water partition coefficient (Wildman–Crippen LogP) is 2.12. The van der Waals surface area contributed by atoms with Crippen LogP contribution in [-0.4, -0.2) is 18.6 Å². The summed E-state index contributed by atoms with van der Waals surface area (Å²) in [6, 6.07) is 4.74. The summed E-state index contributed by atoms with van der Waals surface area (Å²) in [6.07, 6.45) is -3.74. The molecule has 104 valence electrons. The molecule has 1 aromatic carbocycles. The molecule has 0 saturated heterocycles. The van der Waals surface area contributed by atoms with E-state index >= 15 is 0 Å². The summed E-state index contributed by atoms with van der Waals surface area (Å²) in [7, 11) is 0. The number of aryl methyl sites for hydroxylation is 1. The first-order valence-electron chi connectivity index (χ1n) is 5.65. The van der Waals surface area contributed by atoms with Crippen molar-refractivity contribution in [3.05, 3.63) is 34.3 Å². The number of nitrogens with two attached hydrogens (primary N) is 1. The van der Waals surface area contributed by atoms with Crippen molar-refractivity contribution >= 4 is 17.5 Å². The first-order chi connectivity index (χ1) is 8.74. The highest BCUT2D eigenvalue weighted by molar-refractivity contribution is 6.30. The third kappa shape index (κ3) is 2.69. The minimum atomic E-state index is -4.41. The summed E-state index contributed by atoms with van der Waals surface area (Å²) in [5, 5.41) is 2.75. The van der Waals surface area contributed by atoms with Crippen molar-refractivity contribution in [1.29, 1.82) is 0 Å². The molecule has 0 spiro atoms. The Morgan fingerprint density at radius 3 is 2.74 bits per heavy atom. The first kappa shape index (κ1) is 14.1. The number of carbonyl (C=O) groups excluding carboxylic acids is 1. The summed E-state index contributed by atoms with van der Waals surface area (Å²) in [6.45, 7) is -1.27. The highest BCUT2D eigenvalue weighted by Gasteiger charge is 2.45. The summed E-state index contributed by atoms with van der Waals surface area (Å²) in [4.78, 5) is 11.6. The highest BCUT2D eigenvalue weighted by Crippen LogP contribution is 2.38. The van der Waals surface area contributed by atoms with Gasteiger partial charge in [0, 0.05) is 5.02 Å². The number of carbonyl (C=O) groups is 1. The van der Waals surface area contributed by atoms with Gasteiger partial charge in [-0.15, -0.1) is 0 Å². The molecule has 3 N–H and O–H groups in total. The maximum absolute atomic E-state index is 12.3. The van der Waals surface area contributed by atoms with Crippen LogP contribution in [0.25, 0.3) is 0 Å². The molecule has 19 heavy (non-hydrogen) atoms. The van der Waals surface area contributed by atoms with Crippen molar-refractivity contribution < 1.29 is 18.0 Å². The average Bonchev–Trinajstić information content (AvgIpc) is 2.64. The third-order valence-electron chi connectivity index (χ3n) is 3.31. The van der Waals surface area contributed by atoms with E-state index in [2.05, 4.69) is 5.32 Å². The van der Waals surface area contributed by atoms with Gasteiger partial charge in [0.2, 0.25) is 5.91 Å². The van der Waals surface area contributed by atoms with E-state index in [1.807, 2.05) is 0 Å². The topological polar surface area (TPSA) is 55.1 Å². The zero-order valence-electron chi connectivity index (χ0n) is 9.85. The second kappa shape index (κ2) is 4.68. The van der Waals surface area contributed by atoms with Crippen LogP contribution >= 0.6 is 11.6 Å². The fraction of sp³-hybridized carbons (Fsp3) is 0.417. The van der Waals surface area contributed by atoms with E-state index in [0.717, 1.165) is 5.56 Å². The lowest BCUT2D eigenvalue weighted by molar-refractivity contribution is -0.136. The van der Waals surface area contributed by atoms with Crippen LogP contribution in [0.4, 0.5) is 13.2 Å². The first-order valence-corrected chi connectivity index (χ1v) is 6.03. The molecule has 1 aliphatic carbocycles. The standard InChI is InChI=1S/C12H12ClF3N2O/c13-8-1-2-9-7(5-8)3-4-11(9,10(17)19)18-6-12(14,15)16/h1-2,5,18H,3-4,6H2,(H2,17,19). The van der Waals surface area contributed by atoms with Crippen molar-refractivity contribution in [2.45, 2.75) is 24.6 Å². The number of benzene rings is 1. The van der Waals surface area contributed by atoms with Crippen molar-refractivity contribution in [3.8, 4) is 0 Å². The van der Waals surface area contributed by atoms with E-state index in [-0.39, 0.29) is 6.42 Å². The van der Waals surface area contributed by atoms with Crippen LogP contribution in [0.3, 0.4) is 0 Å². The lowest BCUT2D eigenvalue weighted by Crippen LogP contribution is -2.53. The van der Waals surface area contributed by atoms with E-state index in [0.29, 0.717) is 17.0 Å². The van der Waals surface area contributed by atoms with Crippen LogP contribution in [0.1, 0.15) is 17.5 Å². The molecule has 1 aromatic rings. The van der Waals surface area contributed by atoms with Gasteiger partial charge >= 0.3 is 6.18 Å². The van der Waals surface area contributed by atoms with Gasteiger partial charge in [0.05, 0.1) is 6.54 Å². The minimum Gasteiger partial charge on any atom is -0.368 e. The van der Waals surface area contributed by atoms with Gasteiger partial charge in [0.15, 0.2) is 0 Å². The molecule has 0 radical (unpaired) electrons. The smallest absolute Gasteiger partial charge is 0.368 e. The Bertz CT molecular complexity index is 518. The van der Waals surface area contributed by atoms with Crippen LogP contribution in [0.2, 0.25) is 5.02 Å². The quantitative estimate of drug-likeness (QED) is 0.896. The van der Waals surface area contributed by atoms with Crippen LogP contribution in [0.5, 0.6) is 0 Å². The van der Waals surface area contributed by atoms with Crippen LogP contribution in [-0.2, 0) is 16.8 Å². The number of hydrogen-bond acceptors (Lipinski definition) is 2. The molecule has 0 bridgehead atoms. The number of nitrogens with one attached hydrogen (secondary N) is 1. The van der Waals surface area contributed by atoms with Crippen LogP contribution in [0, 0.1) is 0 Å². The SMILES string of the molecule is NC(=O)C1(NCC(F)(F)F)CCc2cc(Cl)ccc21. The van der Waals surface area contributed by atoms with Crippen molar-refractivity contribution in [2.75, 3.05) is 6.54 Å². The number of amides is 1. The van der Waals surface area contributed by atoms with Gasteiger partial charge in [-0.3, -0.25) is 10.1 Å². The second-order valence-electron chi connectivity index (χ2n) is 4.54. The molecule has 1 atom stereocenters. The molecule has 0 aliphatic heterocycles. The minimum absolute atomic E-state index is 0.202. The van der Waals surface area contributed by atoms with Crippen molar-refractivity contribution in [2.24, 2.45) is 5.73 Å². The van der Waals surface area contributed by atoms with Gasteiger partial charge in [-0.1, -0.05) is 17.7 Å². The summed E-state index contributed by atoms with van der Waals surface area (Å²) >= 11 is 5.83. The number of hydrogen-bond donors (Lipinski definition) is 2. The Balaban J connectivity index is 2.36. The van der Waals surface area contributed by atoms with E-state index in [1.54, 1.807) is 18.2 Å². The Kier molecular flexibility index (Phi) is 3.49. The molecular formula is C12H12ClF3N2O. The second-order valence-corrected chi connectivity index (χ2v) is 4.98. The Hall–Kier alpha value is -1.27. The summed E-state index contributed by atoms with van der Waals surface area (Å²) in [5.74, 6) is -0.808. The highest BCUT2D eigenvalue weighted by atomic mass is 35.5. The van der Waals surface area contributed by atoms with E-state index in [4.69, 9.17) is 17.3 Å². The fourth-order valence-electron chi connectivity index (χ4n) is 2.42. The largest absolute Gasteiger partial charge is 0.401 e. The zero-order chi connectivity index (χ0) is 14.3. The lowest BCUT2D eigenvalue weighted by atomic mass is 9.91. The molecule has 0 aromatic heterocycles. The van der Waals surface area contributed by atoms with E-state index < -0.39 is 24.2 Å². The number of fused-ring (bicyclic) bond motifs is 1. The molecule has 7 heteroatoms. The van der Waals surface area contributed by atoms with E-state index in [1.165, 1.54) is 0 Å². The number of primary amides is 1. The molecule has 1 aliphatic rings. The Labute approximate surface area is 112 Å². The predicted molar refractivity (Wildman–Crippen MR) is 64.7 cm³/mol. The van der Waals surface area contributed by atoms with Crippen LogP contribution < -0.4 is 11.1 Å².